The van der Waals surface area contributed by atoms with Crippen molar-refractivity contribution in [1.82, 2.24) is 4.98 Å². The highest BCUT2D eigenvalue weighted by Crippen LogP contribution is 2.28. The highest BCUT2D eigenvalue weighted by atomic mass is 19.4. The minimum absolute atomic E-state index is 0.281. The number of nitrogens with two attached hydrogens (primary N) is 1. The molecule has 0 radical (unpaired) electrons. The zero-order valence-electron chi connectivity index (χ0n) is 11.6. The van der Waals surface area contributed by atoms with Gasteiger partial charge in [-0.25, -0.2) is 4.98 Å². The molecule has 0 spiro atoms. The van der Waals surface area contributed by atoms with E-state index < -0.39 is 11.9 Å². The molecule has 0 bridgehead atoms. The number of halogens is 3. The van der Waals surface area contributed by atoms with Crippen LogP contribution in [0.4, 0.5) is 19.0 Å². The third-order valence-electron chi connectivity index (χ3n) is 3.06. The first-order chi connectivity index (χ1) is 9.90. The summed E-state index contributed by atoms with van der Waals surface area (Å²) in [6.45, 7) is 0.890. The van der Waals surface area contributed by atoms with Crippen LogP contribution in [0.3, 0.4) is 0 Å². The summed E-state index contributed by atoms with van der Waals surface area (Å²) in [6, 6.07) is 11.5. The van der Waals surface area contributed by atoms with Crippen LogP contribution in [0.2, 0.25) is 0 Å². The maximum absolute atomic E-state index is 12.7. The van der Waals surface area contributed by atoms with E-state index in [-0.39, 0.29) is 5.82 Å². The van der Waals surface area contributed by atoms with Crippen molar-refractivity contribution < 1.29 is 13.2 Å². The van der Waals surface area contributed by atoms with Crippen molar-refractivity contribution in [1.29, 1.82) is 0 Å². The first-order valence-corrected chi connectivity index (χ1v) is 6.43. The molecule has 2 N–H and O–H groups in total. The number of benzene rings is 1. The Morgan fingerprint density at radius 1 is 1.10 bits per heavy atom. The summed E-state index contributed by atoms with van der Waals surface area (Å²) >= 11 is 0. The minimum Gasteiger partial charge on any atom is -0.355 e. The van der Waals surface area contributed by atoms with Crippen LogP contribution in [0.25, 0.3) is 0 Å². The summed E-state index contributed by atoms with van der Waals surface area (Å²) < 4.78 is 38.0. The number of nitrogens with zero attached hydrogens (tertiary/aromatic N) is 2. The van der Waals surface area contributed by atoms with E-state index >= 15 is 0 Å². The van der Waals surface area contributed by atoms with Crippen LogP contribution >= 0.6 is 0 Å². The Hall–Kier alpha value is -2.08. The molecule has 0 aliphatic heterocycles. The van der Waals surface area contributed by atoms with Gasteiger partial charge in [-0.15, -0.1) is 0 Å². The van der Waals surface area contributed by atoms with Crippen molar-refractivity contribution in [3.8, 4) is 0 Å². The predicted octanol–water partition coefficient (Wildman–Crippen LogP) is 3.20. The van der Waals surface area contributed by atoms with Gasteiger partial charge < -0.3 is 10.6 Å². The lowest BCUT2D eigenvalue weighted by Gasteiger charge is -2.19. The second kappa shape index (κ2) is 6.13. The van der Waals surface area contributed by atoms with Gasteiger partial charge in [-0.1, -0.05) is 30.3 Å². The molecule has 1 heterocycles. The monoisotopic (exact) mass is 295 g/mol. The van der Waals surface area contributed by atoms with Gasteiger partial charge >= 0.3 is 6.18 Å². The van der Waals surface area contributed by atoms with E-state index in [1.807, 2.05) is 24.3 Å². The fourth-order valence-electron chi connectivity index (χ4n) is 2.00. The van der Waals surface area contributed by atoms with Gasteiger partial charge in [0.2, 0.25) is 0 Å². The molecule has 0 saturated carbocycles. The van der Waals surface area contributed by atoms with Crippen LogP contribution in [0.5, 0.6) is 0 Å². The van der Waals surface area contributed by atoms with Crippen LogP contribution in [0, 0.1) is 0 Å². The number of aromatic nitrogens is 1. The number of anilines is 1. The molecule has 3 nitrogen and oxygen atoms in total. The van der Waals surface area contributed by atoms with E-state index in [1.165, 1.54) is 6.07 Å². The SMILES string of the molecule is CN(Cc1cccc(CN)c1)c1cccc(C(F)(F)F)n1. The fourth-order valence-corrected chi connectivity index (χ4v) is 2.00. The van der Waals surface area contributed by atoms with E-state index in [4.69, 9.17) is 5.73 Å². The quantitative estimate of drug-likeness (QED) is 0.942. The Balaban J connectivity index is 2.18. The molecule has 0 aliphatic carbocycles. The maximum Gasteiger partial charge on any atom is 0.433 e. The summed E-state index contributed by atoms with van der Waals surface area (Å²) in [5.41, 5.74) is 6.65. The van der Waals surface area contributed by atoms with Crippen LogP contribution < -0.4 is 10.6 Å². The number of hydrogen-bond acceptors (Lipinski definition) is 3. The Kier molecular flexibility index (Phi) is 4.47. The summed E-state index contributed by atoms with van der Waals surface area (Å²) in [6.07, 6.45) is -4.43. The Morgan fingerprint density at radius 3 is 2.43 bits per heavy atom. The van der Waals surface area contributed by atoms with Crippen molar-refractivity contribution >= 4 is 5.82 Å². The second-order valence-corrected chi connectivity index (χ2v) is 4.76. The lowest BCUT2D eigenvalue weighted by Crippen LogP contribution is -2.19. The minimum atomic E-state index is -4.43. The third-order valence-corrected chi connectivity index (χ3v) is 3.06. The molecule has 1 aromatic heterocycles. The highest BCUT2D eigenvalue weighted by molar-refractivity contribution is 5.40. The molecule has 21 heavy (non-hydrogen) atoms. The first kappa shape index (κ1) is 15.3. The summed E-state index contributed by atoms with van der Waals surface area (Å²) in [7, 11) is 1.71. The molecule has 2 aromatic rings. The average molecular weight is 295 g/mol. The maximum atomic E-state index is 12.7. The van der Waals surface area contributed by atoms with Crippen molar-refractivity contribution in [3.63, 3.8) is 0 Å². The predicted molar refractivity (Wildman–Crippen MR) is 75.7 cm³/mol. The topological polar surface area (TPSA) is 42.1 Å². The van der Waals surface area contributed by atoms with Gasteiger partial charge in [0.1, 0.15) is 11.5 Å². The highest BCUT2D eigenvalue weighted by Gasteiger charge is 2.32. The largest absolute Gasteiger partial charge is 0.433 e. The third kappa shape index (κ3) is 3.95. The van der Waals surface area contributed by atoms with Gasteiger partial charge in [0.25, 0.3) is 0 Å². The van der Waals surface area contributed by atoms with Crippen LogP contribution in [-0.4, -0.2) is 12.0 Å². The Labute approximate surface area is 121 Å². The number of rotatable bonds is 4. The van der Waals surface area contributed by atoms with E-state index in [0.29, 0.717) is 13.1 Å². The zero-order valence-corrected chi connectivity index (χ0v) is 11.6. The molecule has 2 rings (SSSR count). The van der Waals surface area contributed by atoms with Gasteiger partial charge in [-0.05, 0) is 23.3 Å². The van der Waals surface area contributed by atoms with Crippen molar-refractivity contribution in [2.24, 2.45) is 5.73 Å². The number of alkyl halides is 3. The van der Waals surface area contributed by atoms with Gasteiger partial charge in [0, 0.05) is 20.1 Å². The molecule has 0 atom stereocenters. The second-order valence-electron chi connectivity index (χ2n) is 4.76. The molecular formula is C15H16F3N3. The average Bonchev–Trinajstić information content (AvgIpc) is 2.46. The van der Waals surface area contributed by atoms with E-state index in [9.17, 15) is 13.2 Å². The molecule has 0 unspecified atom stereocenters. The number of hydrogen-bond donors (Lipinski definition) is 1. The number of pyridine rings is 1. The summed E-state index contributed by atoms with van der Waals surface area (Å²) in [5, 5.41) is 0. The molecule has 0 amide bonds. The molecular weight excluding hydrogens is 279 g/mol. The standard InChI is InChI=1S/C15H16F3N3/c1-21(10-12-5-2-4-11(8-12)9-19)14-7-3-6-13(20-14)15(16,17)18/h2-8H,9-10,19H2,1H3. The molecule has 6 heteroatoms. The Bertz CT molecular complexity index is 611. The lowest BCUT2D eigenvalue weighted by atomic mass is 10.1. The normalized spacial score (nSPS) is 11.5. The van der Waals surface area contributed by atoms with E-state index in [1.54, 1.807) is 18.0 Å². The van der Waals surface area contributed by atoms with Gasteiger partial charge in [-0.2, -0.15) is 13.2 Å². The summed E-state index contributed by atoms with van der Waals surface area (Å²) in [4.78, 5) is 5.33. The van der Waals surface area contributed by atoms with Crippen molar-refractivity contribution in [2.45, 2.75) is 19.3 Å². The van der Waals surface area contributed by atoms with Gasteiger partial charge in [0.15, 0.2) is 0 Å². The molecule has 0 saturated heterocycles. The Morgan fingerprint density at radius 2 is 1.76 bits per heavy atom. The molecule has 112 valence electrons. The van der Waals surface area contributed by atoms with Crippen LogP contribution in [-0.2, 0) is 19.3 Å². The molecule has 0 fully saturated rings. The zero-order chi connectivity index (χ0) is 15.5. The van der Waals surface area contributed by atoms with Crippen LogP contribution in [0.1, 0.15) is 16.8 Å². The van der Waals surface area contributed by atoms with Crippen molar-refractivity contribution in [2.75, 3.05) is 11.9 Å². The molecule has 1 aromatic carbocycles. The van der Waals surface area contributed by atoms with E-state index in [0.717, 1.165) is 17.2 Å². The smallest absolute Gasteiger partial charge is 0.355 e. The van der Waals surface area contributed by atoms with Crippen molar-refractivity contribution in [3.05, 3.63) is 59.3 Å². The van der Waals surface area contributed by atoms with Crippen LogP contribution in [0.15, 0.2) is 42.5 Å². The summed E-state index contributed by atoms with van der Waals surface area (Å²) in [5.74, 6) is 0.281. The van der Waals surface area contributed by atoms with Gasteiger partial charge in [0.05, 0.1) is 0 Å². The fraction of sp³-hybridized carbons (Fsp3) is 0.267. The first-order valence-electron chi connectivity index (χ1n) is 6.43. The van der Waals surface area contributed by atoms with E-state index in [2.05, 4.69) is 4.98 Å². The van der Waals surface area contributed by atoms with Gasteiger partial charge in [-0.3, -0.25) is 0 Å². The molecule has 0 aliphatic rings. The lowest BCUT2D eigenvalue weighted by molar-refractivity contribution is -0.141.